The molecule has 5 nitrogen and oxygen atoms in total. The number of amides is 1. The van der Waals surface area contributed by atoms with Crippen molar-refractivity contribution in [2.75, 3.05) is 18.4 Å². The van der Waals surface area contributed by atoms with E-state index in [-0.39, 0.29) is 29.8 Å². The molecule has 0 unspecified atom stereocenters. The van der Waals surface area contributed by atoms with Crippen LogP contribution in [-0.4, -0.2) is 31.7 Å². The molecule has 0 bridgehead atoms. The predicted octanol–water partition coefficient (Wildman–Crippen LogP) is 4.26. The Kier molecular flexibility index (Phi) is 6.87. The number of carbonyl (C=O) groups excluding carboxylic acids is 1. The maximum Gasteiger partial charge on any atom is 0.245 e. The molecular formula is C26H23FN2O3S. The molecule has 3 aromatic carbocycles. The number of piperidine rings is 1. The topological polar surface area (TPSA) is 66.5 Å². The van der Waals surface area contributed by atoms with Crippen LogP contribution in [0.5, 0.6) is 0 Å². The summed E-state index contributed by atoms with van der Waals surface area (Å²) in [7, 11) is -3.92. The van der Waals surface area contributed by atoms with Crippen LogP contribution in [-0.2, 0) is 14.8 Å². The molecule has 3 aromatic rings. The molecule has 0 aromatic heterocycles. The van der Waals surface area contributed by atoms with Crippen LogP contribution in [0.15, 0.2) is 83.8 Å². The summed E-state index contributed by atoms with van der Waals surface area (Å²) in [4.78, 5) is 12.4. The number of carbonyl (C=O) groups is 1. The van der Waals surface area contributed by atoms with E-state index in [1.54, 1.807) is 6.07 Å². The molecule has 1 saturated heterocycles. The van der Waals surface area contributed by atoms with Crippen LogP contribution in [0.25, 0.3) is 0 Å². The van der Waals surface area contributed by atoms with Crippen molar-refractivity contribution in [1.29, 1.82) is 0 Å². The Bertz CT molecular complexity index is 1310. The van der Waals surface area contributed by atoms with Crippen molar-refractivity contribution >= 4 is 21.6 Å². The SMILES string of the molecule is O=C(Nc1cccc(C#Cc2ccccc2)c1)C1CCN(S(=O)(=O)c2ccccc2F)CC1. The molecule has 4 rings (SSSR count). The van der Waals surface area contributed by atoms with Crippen molar-refractivity contribution in [2.45, 2.75) is 17.7 Å². The van der Waals surface area contributed by atoms with E-state index in [9.17, 15) is 17.6 Å². The van der Waals surface area contributed by atoms with Gasteiger partial charge in [0.25, 0.3) is 0 Å². The van der Waals surface area contributed by atoms with Gasteiger partial charge < -0.3 is 5.32 Å². The number of sulfonamides is 1. The first-order valence-corrected chi connectivity index (χ1v) is 12.1. The van der Waals surface area contributed by atoms with Gasteiger partial charge in [-0.2, -0.15) is 4.31 Å². The Morgan fingerprint density at radius 2 is 1.52 bits per heavy atom. The number of benzene rings is 3. The molecule has 1 aliphatic heterocycles. The number of hydrogen-bond acceptors (Lipinski definition) is 3. The fourth-order valence-corrected chi connectivity index (χ4v) is 5.27. The zero-order chi connectivity index (χ0) is 23.3. The van der Waals surface area contributed by atoms with Gasteiger partial charge in [-0.05, 0) is 55.3 Å². The predicted molar refractivity (Wildman–Crippen MR) is 125 cm³/mol. The summed E-state index contributed by atoms with van der Waals surface area (Å²) in [5.41, 5.74) is 2.33. The number of nitrogens with one attached hydrogen (secondary N) is 1. The molecule has 0 aliphatic carbocycles. The zero-order valence-electron chi connectivity index (χ0n) is 17.9. The molecule has 33 heavy (non-hydrogen) atoms. The van der Waals surface area contributed by atoms with E-state index in [1.165, 1.54) is 22.5 Å². The molecule has 1 N–H and O–H groups in total. The van der Waals surface area contributed by atoms with E-state index >= 15 is 0 Å². The van der Waals surface area contributed by atoms with E-state index in [2.05, 4.69) is 17.2 Å². The van der Waals surface area contributed by atoms with E-state index in [0.717, 1.165) is 17.2 Å². The Morgan fingerprint density at radius 1 is 0.879 bits per heavy atom. The fraction of sp³-hybridized carbons (Fsp3) is 0.192. The van der Waals surface area contributed by atoms with Gasteiger partial charge in [0.1, 0.15) is 10.7 Å². The Balaban J connectivity index is 1.37. The minimum atomic E-state index is -3.92. The molecule has 1 heterocycles. The lowest BCUT2D eigenvalue weighted by molar-refractivity contribution is -0.120. The second kappa shape index (κ2) is 9.99. The standard InChI is InChI=1S/C26H23FN2O3S/c27-24-11-4-5-12-25(24)33(31,32)29-17-15-22(16-18-29)26(30)28-23-10-6-9-21(19-23)14-13-20-7-2-1-3-8-20/h1-12,19,22H,15-18H2,(H,28,30). The van der Waals surface area contributed by atoms with Crippen LogP contribution in [0.3, 0.4) is 0 Å². The molecule has 168 valence electrons. The summed E-state index contributed by atoms with van der Waals surface area (Å²) >= 11 is 0. The normalized spacial score (nSPS) is 14.8. The molecule has 0 spiro atoms. The third kappa shape index (κ3) is 5.48. The number of halogens is 1. The molecule has 0 radical (unpaired) electrons. The number of hydrogen-bond donors (Lipinski definition) is 1. The van der Waals surface area contributed by atoms with Gasteiger partial charge in [-0.25, -0.2) is 12.8 Å². The lowest BCUT2D eigenvalue weighted by Crippen LogP contribution is -2.41. The van der Waals surface area contributed by atoms with Gasteiger partial charge in [0.2, 0.25) is 15.9 Å². The van der Waals surface area contributed by atoms with E-state index in [0.29, 0.717) is 18.5 Å². The summed E-state index contributed by atoms with van der Waals surface area (Å²) in [5.74, 6) is 4.93. The highest BCUT2D eigenvalue weighted by atomic mass is 32.2. The summed E-state index contributed by atoms with van der Waals surface area (Å²) in [5, 5.41) is 2.91. The first-order valence-electron chi connectivity index (χ1n) is 10.7. The lowest BCUT2D eigenvalue weighted by atomic mass is 9.97. The maximum absolute atomic E-state index is 14.0. The van der Waals surface area contributed by atoms with Gasteiger partial charge in [0.05, 0.1) is 0 Å². The Morgan fingerprint density at radius 3 is 2.24 bits per heavy atom. The van der Waals surface area contributed by atoms with E-state index in [1.807, 2.05) is 48.5 Å². The minimum Gasteiger partial charge on any atom is -0.326 e. The van der Waals surface area contributed by atoms with Crippen molar-refractivity contribution in [2.24, 2.45) is 5.92 Å². The highest BCUT2D eigenvalue weighted by Gasteiger charge is 2.33. The second-order valence-electron chi connectivity index (χ2n) is 7.79. The zero-order valence-corrected chi connectivity index (χ0v) is 18.7. The van der Waals surface area contributed by atoms with Crippen LogP contribution in [0.4, 0.5) is 10.1 Å². The van der Waals surface area contributed by atoms with Crippen molar-refractivity contribution < 1.29 is 17.6 Å². The number of rotatable bonds is 4. The molecule has 7 heteroatoms. The van der Waals surface area contributed by atoms with Gasteiger partial charge >= 0.3 is 0 Å². The van der Waals surface area contributed by atoms with Gasteiger partial charge in [0.15, 0.2) is 0 Å². The summed E-state index contributed by atoms with van der Waals surface area (Å²) in [6.45, 7) is 0.328. The molecule has 1 amide bonds. The lowest BCUT2D eigenvalue weighted by Gasteiger charge is -2.30. The number of anilines is 1. The quantitative estimate of drug-likeness (QED) is 0.589. The molecule has 1 fully saturated rings. The molecular weight excluding hydrogens is 439 g/mol. The highest BCUT2D eigenvalue weighted by molar-refractivity contribution is 7.89. The van der Waals surface area contributed by atoms with E-state index < -0.39 is 15.8 Å². The first-order chi connectivity index (χ1) is 15.9. The van der Waals surface area contributed by atoms with Gasteiger partial charge in [0, 0.05) is 35.8 Å². The van der Waals surface area contributed by atoms with Crippen LogP contribution in [0.1, 0.15) is 24.0 Å². The summed E-state index contributed by atoms with van der Waals surface area (Å²) in [6, 6.07) is 22.3. The average molecular weight is 463 g/mol. The Hall–Kier alpha value is -3.47. The minimum absolute atomic E-state index is 0.161. The van der Waals surface area contributed by atoms with Gasteiger partial charge in [-0.15, -0.1) is 0 Å². The van der Waals surface area contributed by atoms with Crippen LogP contribution in [0, 0.1) is 23.6 Å². The van der Waals surface area contributed by atoms with Crippen LogP contribution >= 0.6 is 0 Å². The van der Waals surface area contributed by atoms with Crippen molar-refractivity contribution in [3.8, 4) is 11.8 Å². The number of nitrogens with zero attached hydrogens (tertiary/aromatic N) is 1. The average Bonchev–Trinajstić information content (AvgIpc) is 2.84. The van der Waals surface area contributed by atoms with Crippen LogP contribution < -0.4 is 5.32 Å². The first kappa shape index (κ1) is 22.7. The summed E-state index contributed by atoms with van der Waals surface area (Å²) < 4.78 is 40.7. The third-order valence-corrected chi connectivity index (χ3v) is 7.47. The van der Waals surface area contributed by atoms with Gasteiger partial charge in [-0.3, -0.25) is 4.79 Å². The van der Waals surface area contributed by atoms with Crippen molar-refractivity contribution in [3.05, 3.63) is 95.8 Å². The second-order valence-corrected chi connectivity index (χ2v) is 9.70. The Labute approximate surface area is 193 Å². The van der Waals surface area contributed by atoms with Crippen molar-refractivity contribution in [3.63, 3.8) is 0 Å². The monoisotopic (exact) mass is 462 g/mol. The van der Waals surface area contributed by atoms with Gasteiger partial charge in [-0.1, -0.05) is 48.2 Å². The highest BCUT2D eigenvalue weighted by Crippen LogP contribution is 2.26. The molecule has 1 aliphatic rings. The van der Waals surface area contributed by atoms with E-state index in [4.69, 9.17) is 0 Å². The van der Waals surface area contributed by atoms with Crippen molar-refractivity contribution in [1.82, 2.24) is 4.31 Å². The molecule has 0 saturated carbocycles. The largest absolute Gasteiger partial charge is 0.326 e. The maximum atomic E-state index is 14.0. The molecule has 0 atom stereocenters. The van der Waals surface area contributed by atoms with Crippen LogP contribution in [0.2, 0.25) is 0 Å². The summed E-state index contributed by atoms with van der Waals surface area (Å²) in [6.07, 6.45) is 0.736. The fourth-order valence-electron chi connectivity index (χ4n) is 3.74. The third-order valence-electron chi connectivity index (χ3n) is 5.53. The smallest absolute Gasteiger partial charge is 0.245 e.